The molecular weight excluding hydrogens is 312 g/mol. The van der Waals surface area contributed by atoms with Crippen molar-refractivity contribution in [1.29, 1.82) is 0 Å². The van der Waals surface area contributed by atoms with Crippen LogP contribution >= 0.6 is 11.6 Å². The topological polar surface area (TPSA) is 43.4 Å². The first kappa shape index (κ1) is 17.2. The minimum atomic E-state index is -0.382. The molecule has 4 heteroatoms. The first-order valence-electron chi connectivity index (χ1n) is 7.50. The molecule has 2 rings (SSSR count). The van der Waals surface area contributed by atoms with E-state index in [1.165, 1.54) is 0 Å². The van der Waals surface area contributed by atoms with Crippen LogP contribution < -0.4 is 0 Å². The minimum absolute atomic E-state index is 0.0545. The van der Waals surface area contributed by atoms with E-state index in [4.69, 9.17) is 16.3 Å². The second kappa shape index (κ2) is 7.93. The molecule has 0 fully saturated rings. The van der Waals surface area contributed by atoms with Crippen LogP contribution in [0.25, 0.3) is 0 Å². The zero-order valence-corrected chi connectivity index (χ0v) is 14.0. The number of ketones is 1. The van der Waals surface area contributed by atoms with Gasteiger partial charge in [-0.25, -0.2) is 0 Å². The molecular formula is C19H19ClO3. The Kier molecular flexibility index (Phi) is 5.94. The van der Waals surface area contributed by atoms with E-state index < -0.39 is 0 Å². The average Bonchev–Trinajstić information content (AvgIpc) is 2.54. The zero-order valence-electron chi connectivity index (χ0n) is 13.2. The van der Waals surface area contributed by atoms with Gasteiger partial charge in [-0.1, -0.05) is 53.6 Å². The van der Waals surface area contributed by atoms with Crippen LogP contribution in [0.5, 0.6) is 0 Å². The fraction of sp³-hybridized carbons (Fsp3) is 0.263. The SMILES string of the molecule is Cc1ccc(C(=O)CCC(=O)OC(C)c2ccc(Cl)cc2)cc1. The van der Waals surface area contributed by atoms with Crippen LogP contribution in [-0.2, 0) is 9.53 Å². The number of rotatable bonds is 6. The number of hydrogen-bond acceptors (Lipinski definition) is 3. The summed E-state index contributed by atoms with van der Waals surface area (Å²) in [5.74, 6) is -0.436. The summed E-state index contributed by atoms with van der Waals surface area (Å²) in [6, 6.07) is 14.5. The summed E-state index contributed by atoms with van der Waals surface area (Å²) >= 11 is 5.83. The first-order valence-corrected chi connectivity index (χ1v) is 7.88. The highest BCUT2D eigenvalue weighted by Crippen LogP contribution is 2.20. The third-order valence-corrected chi connectivity index (χ3v) is 3.83. The predicted molar refractivity (Wildman–Crippen MR) is 90.7 cm³/mol. The van der Waals surface area contributed by atoms with Gasteiger partial charge in [0.15, 0.2) is 5.78 Å². The summed E-state index contributed by atoms with van der Waals surface area (Å²) < 4.78 is 5.35. The number of halogens is 1. The van der Waals surface area contributed by atoms with Gasteiger partial charge in [-0.15, -0.1) is 0 Å². The number of aryl methyl sites for hydroxylation is 1. The maximum atomic E-state index is 12.0. The van der Waals surface area contributed by atoms with Crippen LogP contribution in [0.3, 0.4) is 0 Å². The van der Waals surface area contributed by atoms with Gasteiger partial charge >= 0.3 is 5.97 Å². The highest BCUT2D eigenvalue weighted by Gasteiger charge is 2.14. The summed E-state index contributed by atoms with van der Waals surface area (Å²) in [6.07, 6.45) is -0.144. The average molecular weight is 331 g/mol. The smallest absolute Gasteiger partial charge is 0.306 e. The van der Waals surface area contributed by atoms with Crippen LogP contribution in [0.15, 0.2) is 48.5 Å². The van der Waals surface area contributed by atoms with Gasteiger partial charge in [-0.05, 0) is 31.5 Å². The number of Topliss-reactive ketones (excluding diaryl/α,β-unsaturated/α-hetero) is 1. The number of esters is 1. The molecule has 0 aliphatic rings. The van der Waals surface area contributed by atoms with E-state index in [1.807, 2.05) is 31.2 Å². The number of ether oxygens (including phenoxy) is 1. The summed E-state index contributed by atoms with van der Waals surface area (Å²) in [7, 11) is 0. The van der Waals surface area contributed by atoms with Crippen molar-refractivity contribution in [1.82, 2.24) is 0 Å². The van der Waals surface area contributed by atoms with Crippen molar-refractivity contribution >= 4 is 23.4 Å². The van der Waals surface area contributed by atoms with Crippen molar-refractivity contribution in [2.75, 3.05) is 0 Å². The Morgan fingerprint density at radius 2 is 1.61 bits per heavy atom. The second-order valence-corrected chi connectivity index (χ2v) is 5.91. The molecule has 0 saturated carbocycles. The van der Waals surface area contributed by atoms with Crippen LogP contribution in [0, 0.1) is 6.92 Å². The molecule has 0 bridgehead atoms. The Morgan fingerprint density at radius 3 is 2.22 bits per heavy atom. The Bertz CT molecular complexity index is 675. The molecule has 0 aromatic heterocycles. The molecule has 0 radical (unpaired) electrons. The number of benzene rings is 2. The van der Waals surface area contributed by atoms with Crippen molar-refractivity contribution in [3.63, 3.8) is 0 Å². The van der Waals surface area contributed by atoms with E-state index in [0.717, 1.165) is 11.1 Å². The Balaban J connectivity index is 1.83. The van der Waals surface area contributed by atoms with E-state index >= 15 is 0 Å². The molecule has 3 nitrogen and oxygen atoms in total. The lowest BCUT2D eigenvalue weighted by atomic mass is 10.1. The number of hydrogen-bond donors (Lipinski definition) is 0. The molecule has 0 heterocycles. The summed E-state index contributed by atoms with van der Waals surface area (Å²) in [5, 5.41) is 0.635. The molecule has 2 aromatic carbocycles. The molecule has 1 atom stereocenters. The van der Waals surface area contributed by atoms with Gasteiger partial charge < -0.3 is 4.74 Å². The standard InChI is InChI=1S/C19H19ClO3/c1-13-3-5-16(6-4-13)18(21)11-12-19(22)23-14(2)15-7-9-17(20)10-8-15/h3-10,14H,11-12H2,1-2H3. The van der Waals surface area contributed by atoms with Gasteiger partial charge in [0.05, 0.1) is 6.42 Å². The molecule has 0 aliphatic heterocycles. The lowest BCUT2D eigenvalue weighted by Crippen LogP contribution is -2.11. The normalized spacial score (nSPS) is 11.8. The van der Waals surface area contributed by atoms with Crippen LogP contribution in [0.4, 0.5) is 0 Å². The van der Waals surface area contributed by atoms with Crippen LogP contribution in [-0.4, -0.2) is 11.8 Å². The maximum Gasteiger partial charge on any atom is 0.306 e. The van der Waals surface area contributed by atoms with Crippen LogP contribution in [0.1, 0.15) is 47.4 Å². The lowest BCUT2D eigenvalue weighted by molar-refractivity contribution is -0.148. The highest BCUT2D eigenvalue weighted by atomic mass is 35.5. The fourth-order valence-corrected chi connectivity index (χ4v) is 2.28. The van der Waals surface area contributed by atoms with E-state index in [9.17, 15) is 9.59 Å². The van der Waals surface area contributed by atoms with Crippen LogP contribution in [0.2, 0.25) is 5.02 Å². The van der Waals surface area contributed by atoms with Gasteiger partial charge in [-0.3, -0.25) is 9.59 Å². The van der Waals surface area contributed by atoms with E-state index in [-0.39, 0.29) is 30.7 Å². The van der Waals surface area contributed by atoms with E-state index in [2.05, 4.69) is 0 Å². The molecule has 0 aliphatic carbocycles. The van der Waals surface area contributed by atoms with Gasteiger partial charge in [0.2, 0.25) is 0 Å². The molecule has 0 saturated heterocycles. The zero-order chi connectivity index (χ0) is 16.8. The Labute approximate surface area is 141 Å². The monoisotopic (exact) mass is 330 g/mol. The number of carbonyl (C=O) groups is 2. The molecule has 23 heavy (non-hydrogen) atoms. The quantitative estimate of drug-likeness (QED) is 0.558. The van der Waals surface area contributed by atoms with Crippen molar-refractivity contribution in [2.24, 2.45) is 0 Å². The molecule has 2 aromatic rings. The second-order valence-electron chi connectivity index (χ2n) is 5.47. The summed E-state index contributed by atoms with van der Waals surface area (Å²) in [4.78, 5) is 23.9. The van der Waals surface area contributed by atoms with E-state index in [0.29, 0.717) is 10.6 Å². The van der Waals surface area contributed by atoms with Crippen molar-refractivity contribution in [3.8, 4) is 0 Å². The largest absolute Gasteiger partial charge is 0.458 e. The molecule has 1 unspecified atom stereocenters. The Hall–Kier alpha value is -2.13. The molecule has 0 N–H and O–H groups in total. The maximum absolute atomic E-state index is 12.0. The Morgan fingerprint density at radius 1 is 1.00 bits per heavy atom. The highest BCUT2D eigenvalue weighted by molar-refractivity contribution is 6.30. The first-order chi connectivity index (χ1) is 11.0. The third-order valence-electron chi connectivity index (χ3n) is 3.58. The summed E-state index contributed by atoms with van der Waals surface area (Å²) in [5.41, 5.74) is 2.58. The predicted octanol–water partition coefficient (Wildman–Crippen LogP) is 4.92. The minimum Gasteiger partial charge on any atom is -0.458 e. The van der Waals surface area contributed by atoms with Gasteiger partial charge in [0, 0.05) is 17.0 Å². The van der Waals surface area contributed by atoms with Gasteiger partial charge in [0.25, 0.3) is 0 Å². The lowest BCUT2D eigenvalue weighted by Gasteiger charge is -2.13. The van der Waals surface area contributed by atoms with Crippen molar-refractivity contribution < 1.29 is 14.3 Å². The third kappa shape index (κ3) is 5.22. The molecule has 0 spiro atoms. The summed E-state index contributed by atoms with van der Waals surface area (Å²) in [6.45, 7) is 3.76. The van der Waals surface area contributed by atoms with Gasteiger partial charge in [0.1, 0.15) is 6.10 Å². The van der Waals surface area contributed by atoms with Crippen molar-refractivity contribution in [3.05, 3.63) is 70.2 Å². The molecule has 0 amide bonds. The molecule has 120 valence electrons. The van der Waals surface area contributed by atoms with E-state index in [1.54, 1.807) is 31.2 Å². The fourth-order valence-electron chi connectivity index (χ4n) is 2.16. The number of carbonyl (C=O) groups excluding carboxylic acids is 2. The van der Waals surface area contributed by atoms with Crippen molar-refractivity contribution in [2.45, 2.75) is 32.8 Å². The van der Waals surface area contributed by atoms with Gasteiger partial charge in [-0.2, -0.15) is 0 Å².